The van der Waals surface area contributed by atoms with E-state index in [0.717, 1.165) is 55.8 Å². The van der Waals surface area contributed by atoms with E-state index in [9.17, 15) is 8.78 Å². The number of imidazole rings is 1. The Labute approximate surface area is 207 Å². The first-order valence-electron chi connectivity index (χ1n) is 12.6. The first-order chi connectivity index (χ1) is 17.5. The van der Waals surface area contributed by atoms with Crippen molar-refractivity contribution in [3.8, 4) is 11.1 Å². The number of halogens is 2. The molecule has 36 heavy (non-hydrogen) atoms. The summed E-state index contributed by atoms with van der Waals surface area (Å²) < 4.78 is 35.0. The zero-order valence-electron chi connectivity index (χ0n) is 20.3. The molecule has 9 nitrogen and oxygen atoms in total. The molecule has 11 heteroatoms. The van der Waals surface area contributed by atoms with E-state index in [2.05, 4.69) is 30.3 Å². The van der Waals surface area contributed by atoms with Gasteiger partial charge >= 0.3 is 0 Å². The molecule has 1 N–H and O–H groups in total. The molecule has 0 amide bonds. The van der Waals surface area contributed by atoms with Crippen molar-refractivity contribution in [1.82, 2.24) is 34.0 Å². The summed E-state index contributed by atoms with van der Waals surface area (Å²) in [5, 5.41) is 8.19. The van der Waals surface area contributed by atoms with Crippen LogP contribution in [0.4, 0.5) is 14.7 Å². The topological polar surface area (TPSA) is 85.4 Å². The van der Waals surface area contributed by atoms with E-state index in [-0.39, 0.29) is 0 Å². The van der Waals surface area contributed by atoms with Crippen LogP contribution in [0.1, 0.15) is 31.5 Å². The number of aromatic nitrogens is 6. The highest BCUT2D eigenvalue weighted by molar-refractivity contribution is 5.85. The molecule has 0 atom stereocenters. The van der Waals surface area contributed by atoms with Gasteiger partial charge in [-0.15, -0.1) is 5.10 Å². The highest BCUT2D eigenvalue weighted by Gasteiger charge is 2.27. The number of anilines is 1. The fraction of sp³-hybridized carbons (Fsp3) is 0.520. The number of hydrogen-bond donors (Lipinski definition) is 1. The standard InChI is InChI=1S/C25H30F2N8O/c1-16-30-24-21(34(16)15-23(26)27)12-17(13-28-24)20-6-7-35-22(20)14-29-25(32-35)31-18-2-4-19(5-3-18)33-8-10-36-11-9-33/h6-7,12-14,18-19,23H,2-5,8-11,15H2,1H3,(H,31,32). The predicted molar refractivity (Wildman–Crippen MR) is 132 cm³/mol. The minimum absolute atomic E-state index is 0.361. The third kappa shape index (κ3) is 4.53. The molecule has 1 aliphatic heterocycles. The van der Waals surface area contributed by atoms with Crippen molar-refractivity contribution >= 4 is 22.6 Å². The molecule has 4 aromatic heterocycles. The smallest absolute Gasteiger partial charge is 0.256 e. The zero-order valence-corrected chi connectivity index (χ0v) is 20.3. The Morgan fingerprint density at radius 1 is 1.08 bits per heavy atom. The SMILES string of the molecule is Cc1nc2ncc(-c3ccn4nc(NC5CCC(N6CCOCC6)CC5)ncc34)cc2n1CC(F)F. The largest absolute Gasteiger partial charge is 0.379 e. The van der Waals surface area contributed by atoms with Crippen LogP contribution in [0.3, 0.4) is 0 Å². The van der Waals surface area contributed by atoms with Crippen molar-refractivity contribution in [3.05, 3.63) is 36.5 Å². The third-order valence-electron chi connectivity index (χ3n) is 7.44. The number of aryl methyl sites for hydroxylation is 1. The van der Waals surface area contributed by atoms with E-state index in [0.29, 0.717) is 35.0 Å². The molecular weight excluding hydrogens is 466 g/mol. The average molecular weight is 497 g/mol. The summed E-state index contributed by atoms with van der Waals surface area (Å²) in [7, 11) is 0. The van der Waals surface area contributed by atoms with Crippen LogP contribution in [0.25, 0.3) is 27.8 Å². The molecule has 190 valence electrons. The van der Waals surface area contributed by atoms with Gasteiger partial charge in [0.05, 0.1) is 37.0 Å². The van der Waals surface area contributed by atoms with Gasteiger partial charge in [-0.25, -0.2) is 28.2 Å². The number of ether oxygens (including phenoxy) is 1. The van der Waals surface area contributed by atoms with Crippen LogP contribution >= 0.6 is 0 Å². The third-order valence-corrected chi connectivity index (χ3v) is 7.44. The van der Waals surface area contributed by atoms with Crippen LogP contribution in [0.15, 0.2) is 30.7 Å². The number of rotatable bonds is 6. The molecule has 1 aliphatic carbocycles. The van der Waals surface area contributed by atoms with E-state index in [1.165, 1.54) is 17.4 Å². The normalized spacial score (nSPS) is 21.6. The van der Waals surface area contributed by atoms with Gasteiger partial charge in [-0.3, -0.25) is 4.90 Å². The number of fused-ring (bicyclic) bond motifs is 2. The molecule has 0 bridgehead atoms. The lowest BCUT2D eigenvalue weighted by molar-refractivity contribution is 0.00790. The van der Waals surface area contributed by atoms with Crippen molar-refractivity contribution in [2.24, 2.45) is 0 Å². The highest BCUT2D eigenvalue weighted by Crippen LogP contribution is 2.29. The molecule has 0 aromatic carbocycles. The van der Waals surface area contributed by atoms with Gasteiger partial charge in [-0.2, -0.15) is 0 Å². The van der Waals surface area contributed by atoms with Gasteiger partial charge in [0.1, 0.15) is 5.82 Å². The number of alkyl halides is 2. The van der Waals surface area contributed by atoms with Crippen molar-refractivity contribution in [2.45, 2.75) is 57.7 Å². The Morgan fingerprint density at radius 3 is 2.67 bits per heavy atom. The van der Waals surface area contributed by atoms with Crippen molar-refractivity contribution in [1.29, 1.82) is 0 Å². The lowest BCUT2D eigenvalue weighted by atomic mass is 9.90. The van der Waals surface area contributed by atoms with Crippen LogP contribution < -0.4 is 5.32 Å². The van der Waals surface area contributed by atoms with Crippen molar-refractivity contribution in [2.75, 3.05) is 31.6 Å². The van der Waals surface area contributed by atoms with Crippen LogP contribution in [0, 0.1) is 6.92 Å². The first-order valence-corrected chi connectivity index (χ1v) is 12.6. The van der Waals surface area contributed by atoms with Gasteiger partial charge in [0.15, 0.2) is 5.65 Å². The number of pyridine rings is 1. The molecular formula is C25H30F2N8O. The van der Waals surface area contributed by atoms with Gasteiger partial charge < -0.3 is 14.6 Å². The second kappa shape index (κ2) is 9.70. The van der Waals surface area contributed by atoms with E-state index >= 15 is 0 Å². The van der Waals surface area contributed by atoms with Crippen LogP contribution in [0.5, 0.6) is 0 Å². The minimum Gasteiger partial charge on any atom is -0.379 e. The molecule has 0 spiro atoms. The van der Waals surface area contributed by atoms with Crippen LogP contribution in [-0.4, -0.2) is 78.8 Å². The number of nitrogens with one attached hydrogen (secondary N) is 1. The summed E-state index contributed by atoms with van der Waals surface area (Å²) >= 11 is 0. The second-order valence-electron chi connectivity index (χ2n) is 9.67. The maximum absolute atomic E-state index is 13.1. The molecule has 0 radical (unpaired) electrons. The van der Waals surface area contributed by atoms with Crippen molar-refractivity contribution in [3.63, 3.8) is 0 Å². The second-order valence-corrected chi connectivity index (χ2v) is 9.67. The van der Waals surface area contributed by atoms with Gasteiger partial charge in [-0.1, -0.05) is 0 Å². The van der Waals surface area contributed by atoms with E-state index in [1.54, 1.807) is 23.8 Å². The van der Waals surface area contributed by atoms with Gasteiger partial charge in [0.25, 0.3) is 6.43 Å². The van der Waals surface area contributed by atoms with Crippen molar-refractivity contribution < 1.29 is 13.5 Å². The summed E-state index contributed by atoms with van der Waals surface area (Å²) in [6.45, 7) is 5.07. The fourth-order valence-corrected chi connectivity index (χ4v) is 5.56. The van der Waals surface area contributed by atoms with Crippen LogP contribution in [-0.2, 0) is 11.3 Å². The molecule has 5 heterocycles. The average Bonchev–Trinajstić information content (AvgIpc) is 3.45. The van der Waals surface area contributed by atoms with E-state index in [1.807, 2.05) is 18.3 Å². The maximum atomic E-state index is 13.1. The summed E-state index contributed by atoms with van der Waals surface area (Å²) in [4.78, 5) is 15.9. The van der Waals surface area contributed by atoms with Crippen LogP contribution in [0.2, 0.25) is 0 Å². The highest BCUT2D eigenvalue weighted by atomic mass is 19.3. The van der Waals surface area contributed by atoms with Gasteiger partial charge in [0, 0.05) is 48.7 Å². The molecule has 2 fully saturated rings. The Balaban J connectivity index is 1.18. The monoisotopic (exact) mass is 496 g/mol. The molecule has 1 saturated carbocycles. The van der Waals surface area contributed by atoms with E-state index in [4.69, 9.17) is 4.74 Å². The Hall–Kier alpha value is -3.18. The first kappa shape index (κ1) is 23.2. The number of morpholine rings is 1. The minimum atomic E-state index is -2.46. The van der Waals surface area contributed by atoms with E-state index < -0.39 is 13.0 Å². The lowest BCUT2D eigenvalue weighted by Crippen LogP contribution is -2.46. The maximum Gasteiger partial charge on any atom is 0.256 e. The fourth-order valence-electron chi connectivity index (χ4n) is 5.56. The zero-order chi connectivity index (χ0) is 24.6. The molecule has 6 rings (SSSR count). The molecule has 4 aromatic rings. The van der Waals surface area contributed by atoms with Gasteiger partial charge in [0.2, 0.25) is 5.95 Å². The Bertz CT molecular complexity index is 1360. The molecule has 2 aliphatic rings. The Kier molecular flexibility index (Phi) is 6.26. The van der Waals surface area contributed by atoms with Gasteiger partial charge in [-0.05, 0) is 44.7 Å². The summed E-state index contributed by atoms with van der Waals surface area (Å²) in [6.07, 6.45) is 7.48. The summed E-state index contributed by atoms with van der Waals surface area (Å²) in [6, 6.07) is 4.82. The Morgan fingerprint density at radius 2 is 1.89 bits per heavy atom. The predicted octanol–water partition coefficient (Wildman–Crippen LogP) is 3.77. The molecule has 1 saturated heterocycles. The molecule has 0 unspecified atom stereocenters. The number of nitrogens with zero attached hydrogens (tertiary/aromatic N) is 7. The lowest BCUT2D eigenvalue weighted by Gasteiger charge is -2.38. The summed E-state index contributed by atoms with van der Waals surface area (Å²) in [5.41, 5.74) is 3.59. The quantitative estimate of drug-likeness (QED) is 0.435. The number of hydrogen-bond acceptors (Lipinski definition) is 7. The summed E-state index contributed by atoms with van der Waals surface area (Å²) in [5.74, 6) is 1.13.